The summed E-state index contributed by atoms with van der Waals surface area (Å²) < 4.78 is 0. The van der Waals surface area contributed by atoms with Crippen molar-refractivity contribution in [3.63, 3.8) is 0 Å². The van der Waals surface area contributed by atoms with E-state index in [2.05, 4.69) is 28.0 Å². The van der Waals surface area contributed by atoms with E-state index in [-0.39, 0.29) is 23.7 Å². The SMILES string of the molecule is C/C(=N\NC(=O)[C@H]1C[C@@H]1c1ccccc1)c1ccc(NC(=O)c2csc(C)c2)cc1. The number of carbonyl (C=O) groups is 2. The molecule has 1 heterocycles. The fraction of sp³-hybridized carbons (Fsp3) is 0.208. The number of aryl methyl sites for hydroxylation is 1. The van der Waals surface area contributed by atoms with Crippen molar-refractivity contribution in [3.05, 3.63) is 87.6 Å². The maximum absolute atomic E-state index is 12.4. The molecule has 1 fully saturated rings. The first kappa shape index (κ1) is 20.0. The third-order valence-corrected chi connectivity index (χ3v) is 6.10. The summed E-state index contributed by atoms with van der Waals surface area (Å²) in [6.45, 7) is 3.83. The Kier molecular flexibility index (Phi) is 5.77. The lowest BCUT2D eigenvalue weighted by Gasteiger charge is -2.06. The van der Waals surface area contributed by atoms with E-state index < -0.39 is 0 Å². The van der Waals surface area contributed by atoms with E-state index in [0.717, 1.165) is 16.9 Å². The molecule has 6 heteroatoms. The summed E-state index contributed by atoms with van der Waals surface area (Å²) in [4.78, 5) is 25.7. The molecular formula is C24H23N3O2S. The van der Waals surface area contributed by atoms with Gasteiger partial charge in [-0.2, -0.15) is 5.10 Å². The summed E-state index contributed by atoms with van der Waals surface area (Å²) in [7, 11) is 0. The summed E-state index contributed by atoms with van der Waals surface area (Å²) >= 11 is 1.55. The lowest BCUT2D eigenvalue weighted by atomic mass is 10.1. The first-order valence-corrected chi connectivity index (χ1v) is 10.8. The number of anilines is 1. The fourth-order valence-corrected chi connectivity index (χ4v) is 4.08. The van der Waals surface area contributed by atoms with Crippen LogP contribution in [0.5, 0.6) is 0 Å². The number of nitrogens with zero attached hydrogens (tertiary/aromatic N) is 1. The summed E-state index contributed by atoms with van der Waals surface area (Å²) in [6.07, 6.45) is 0.864. The normalized spacial score (nSPS) is 18.0. The molecule has 1 aliphatic rings. The van der Waals surface area contributed by atoms with Crippen molar-refractivity contribution in [2.24, 2.45) is 11.0 Å². The molecular weight excluding hydrogens is 394 g/mol. The number of carbonyl (C=O) groups excluding carboxylic acids is 2. The highest BCUT2D eigenvalue weighted by molar-refractivity contribution is 7.10. The molecule has 152 valence electrons. The zero-order valence-electron chi connectivity index (χ0n) is 16.9. The number of amides is 2. The first-order chi connectivity index (χ1) is 14.5. The minimum atomic E-state index is -0.123. The molecule has 0 aliphatic heterocycles. The van der Waals surface area contributed by atoms with E-state index in [1.165, 1.54) is 5.56 Å². The molecule has 0 saturated heterocycles. The summed E-state index contributed by atoms with van der Waals surface area (Å²) in [5, 5.41) is 8.99. The van der Waals surface area contributed by atoms with Crippen LogP contribution in [0, 0.1) is 12.8 Å². The Labute approximate surface area is 179 Å². The molecule has 0 bridgehead atoms. The highest BCUT2D eigenvalue weighted by atomic mass is 32.1. The zero-order valence-corrected chi connectivity index (χ0v) is 17.7. The van der Waals surface area contributed by atoms with E-state index in [1.807, 2.05) is 67.8 Å². The summed E-state index contributed by atoms with van der Waals surface area (Å²) in [6, 6.07) is 19.4. The Morgan fingerprint density at radius 2 is 1.77 bits per heavy atom. The van der Waals surface area contributed by atoms with Crippen molar-refractivity contribution in [1.29, 1.82) is 0 Å². The molecule has 3 aromatic rings. The predicted molar refractivity (Wildman–Crippen MR) is 121 cm³/mol. The van der Waals surface area contributed by atoms with Crippen LogP contribution in [0.3, 0.4) is 0 Å². The van der Waals surface area contributed by atoms with Gasteiger partial charge in [-0.1, -0.05) is 42.5 Å². The molecule has 1 saturated carbocycles. The lowest BCUT2D eigenvalue weighted by Crippen LogP contribution is -2.21. The van der Waals surface area contributed by atoms with Gasteiger partial charge in [-0.15, -0.1) is 11.3 Å². The average molecular weight is 418 g/mol. The average Bonchev–Trinajstić information content (AvgIpc) is 3.46. The molecule has 30 heavy (non-hydrogen) atoms. The Balaban J connectivity index is 1.32. The van der Waals surface area contributed by atoms with Gasteiger partial charge >= 0.3 is 0 Å². The van der Waals surface area contributed by atoms with E-state index >= 15 is 0 Å². The lowest BCUT2D eigenvalue weighted by molar-refractivity contribution is -0.122. The molecule has 5 nitrogen and oxygen atoms in total. The minimum Gasteiger partial charge on any atom is -0.322 e. The van der Waals surface area contributed by atoms with Gasteiger partial charge in [0.2, 0.25) is 5.91 Å². The van der Waals surface area contributed by atoms with E-state index in [1.54, 1.807) is 11.3 Å². The fourth-order valence-electron chi connectivity index (χ4n) is 3.40. The van der Waals surface area contributed by atoms with Gasteiger partial charge in [-0.05, 0) is 55.5 Å². The first-order valence-electron chi connectivity index (χ1n) is 9.87. The van der Waals surface area contributed by atoms with Gasteiger partial charge in [0.15, 0.2) is 0 Å². The number of benzene rings is 2. The second kappa shape index (κ2) is 8.63. The largest absolute Gasteiger partial charge is 0.322 e. The molecule has 0 spiro atoms. The van der Waals surface area contributed by atoms with Crippen LogP contribution in [0.4, 0.5) is 5.69 Å². The van der Waals surface area contributed by atoms with Gasteiger partial charge in [0, 0.05) is 21.9 Å². The Hall–Kier alpha value is -3.25. The maximum atomic E-state index is 12.4. The third-order valence-electron chi connectivity index (χ3n) is 5.24. The zero-order chi connectivity index (χ0) is 21.1. The molecule has 4 rings (SSSR count). The van der Waals surface area contributed by atoms with Crippen LogP contribution in [0.1, 0.15) is 45.6 Å². The smallest absolute Gasteiger partial charge is 0.256 e. The number of hydrazone groups is 1. The Morgan fingerprint density at radius 1 is 1.03 bits per heavy atom. The highest BCUT2D eigenvalue weighted by Crippen LogP contribution is 2.47. The standard InChI is InChI=1S/C24H23N3O2S/c1-15-12-19(14-30-15)23(28)25-20-10-8-17(9-11-20)16(2)26-27-24(29)22-13-21(22)18-6-4-3-5-7-18/h3-12,14,21-22H,13H2,1-2H3,(H,25,28)(H,27,29)/b26-16+/t21-,22+/m1/s1. The van der Waals surface area contributed by atoms with Crippen molar-refractivity contribution < 1.29 is 9.59 Å². The van der Waals surface area contributed by atoms with Crippen LogP contribution in [0.2, 0.25) is 0 Å². The minimum absolute atomic E-state index is 0.0118. The highest BCUT2D eigenvalue weighted by Gasteiger charge is 2.43. The van der Waals surface area contributed by atoms with E-state index in [4.69, 9.17) is 0 Å². The van der Waals surface area contributed by atoms with Crippen molar-refractivity contribution >= 4 is 34.6 Å². The summed E-state index contributed by atoms with van der Waals surface area (Å²) in [5.74, 6) is 0.110. The van der Waals surface area contributed by atoms with Crippen LogP contribution < -0.4 is 10.7 Å². The van der Waals surface area contributed by atoms with Crippen LogP contribution in [-0.4, -0.2) is 17.5 Å². The van der Waals surface area contributed by atoms with Crippen molar-refractivity contribution in [1.82, 2.24) is 5.43 Å². The molecule has 0 unspecified atom stereocenters. The monoisotopic (exact) mass is 417 g/mol. The Morgan fingerprint density at radius 3 is 2.43 bits per heavy atom. The van der Waals surface area contributed by atoms with Gasteiger partial charge in [0.25, 0.3) is 5.91 Å². The number of nitrogens with one attached hydrogen (secondary N) is 2. The van der Waals surface area contributed by atoms with Crippen molar-refractivity contribution in [2.75, 3.05) is 5.32 Å². The van der Waals surface area contributed by atoms with Crippen LogP contribution in [-0.2, 0) is 4.79 Å². The van der Waals surface area contributed by atoms with Crippen LogP contribution in [0.15, 0.2) is 71.1 Å². The molecule has 2 amide bonds. The number of thiophene rings is 1. The van der Waals surface area contributed by atoms with Gasteiger partial charge in [-0.25, -0.2) is 5.43 Å². The Bertz CT molecular complexity index is 1090. The van der Waals surface area contributed by atoms with Gasteiger partial charge in [0.1, 0.15) is 0 Å². The van der Waals surface area contributed by atoms with Crippen LogP contribution >= 0.6 is 11.3 Å². The van der Waals surface area contributed by atoms with Crippen LogP contribution in [0.25, 0.3) is 0 Å². The molecule has 2 aromatic carbocycles. The van der Waals surface area contributed by atoms with Gasteiger partial charge in [0.05, 0.1) is 11.3 Å². The number of hydrogen-bond acceptors (Lipinski definition) is 4. The van der Waals surface area contributed by atoms with E-state index in [9.17, 15) is 9.59 Å². The molecule has 0 radical (unpaired) electrons. The maximum Gasteiger partial charge on any atom is 0.256 e. The molecule has 1 aliphatic carbocycles. The number of hydrogen-bond donors (Lipinski definition) is 2. The summed E-state index contributed by atoms with van der Waals surface area (Å²) in [5.41, 5.74) is 6.87. The van der Waals surface area contributed by atoms with E-state index in [0.29, 0.717) is 17.0 Å². The second-order valence-electron chi connectivity index (χ2n) is 7.51. The van der Waals surface area contributed by atoms with Crippen molar-refractivity contribution in [3.8, 4) is 0 Å². The predicted octanol–water partition coefficient (Wildman–Crippen LogP) is 4.95. The van der Waals surface area contributed by atoms with Crippen molar-refractivity contribution in [2.45, 2.75) is 26.2 Å². The molecule has 2 N–H and O–H groups in total. The molecule has 1 aromatic heterocycles. The topological polar surface area (TPSA) is 70.6 Å². The number of rotatable bonds is 6. The van der Waals surface area contributed by atoms with Gasteiger partial charge in [-0.3, -0.25) is 9.59 Å². The molecule has 2 atom stereocenters. The quantitative estimate of drug-likeness (QED) is 0.440. The second-order valence-corrected chi connectivity index (χ2v) is 8.63. The van der Waals surface area contributed by atoms with Gasteiger partial charge < -0.3 is 5.32 Å². The third kappa shape index (κ3) is 4.66.